The van der Waals surface area contributed by atoms with E-state index in [0.717, 1.165) is 80.1 Å². The van der Waals surface area contributed by atoms with E-state index in [-0.39, 0.29) is 11.8 Å². The molecule has 2 atom stereocenters. The molecule has 0 spiro atoms. The maximum atomic E-state index is 5.57. The molecule has 8 aromatic rings. The molecule has 3 heterocycles. The highest BCUT2D eigenvalue weighted by Crippen LogP contribution is 2.48. The topological polar surface area (TPSA) is 43.6 Å². The fourth-order valence-electron chi connectivity index (χ4n) is 10.3. The lowest BCUT2D eigenvalue weighted by molar-refractivity contribution is 0.642. The Morgan fingerprint density at radius 2 is 1.52 bits per heavy atom. The van der Waals surface area contributed by atoms with Crippen LogP contribution in [-0.4, -0.2) is 19.5 Å². The molecule has 5 heteroatoms. The lowest BCUT2D eigenvalue weighted by Gasteiger charge is -2.23. The van der Waals surface area contributed by atoms with Gasteiger partial charge in [-0.2, -0.15) is 0 Å². The molecule has 0 N–H and O–H groups in total. The number of hydrogen-bond acceptors (Lipinski definition) is 4. The fraction of sp³-hybridized carbons (Fsp3) is 0.182. The van der Waals surface area contributed by atoms with Gasteiger partial charge < -0.3 is 4.57 Å². The highest BCUT2D eigenvalue weighted by atomic mass is 32.1. The fourth-order valence-corrected chi connectivity index (χ4v) is 11.6. The Bertz CT molecular complexity index is 3170. The van der Waals surface area contributed by atoms with Crippen LogP contribution in [0.4, 0.5) is 0 Å². The van der Waals surface area contributed by atoms with Crippen molar-refractivity contribution in [2.45, 2.75) is 63.2 Å². The average molecular weight is 793 g/mol. The van der Waals surface area contributed by atoms with Crippen LogP contribution in [0.5, 0.6) is 0 Å². The summed E-state index contributed by atoms with van der Waals surface area (Å²) in [5.74, 6) is 2.56. The van der Waals surface area contributed by atoms with Crippen LogP contribution in [0.1, 0.15) is 89.4 Å². The van der Waals surface area contributed by atoms with E-state index in [1.807, 2.05) is 11.3 Å². The summed E-state index contributed by atoms with van der Waals surface area (Å²) in [5.41, 5.74) is 14.2. The number of thiophene rings is 1. The van der Waals surface area contributed by atoms with Gasteiger partial charge in [-0.15, -0.1) is 11.3 Å². The normalized spacial score (nSPS) is 18.6. The lowest BCUT2D eigenvalue weighted by atomic mass is 9.86. The summed E-state index contributed by atoms with van der Waals surface area (Å²) >= 11 is 1.97. The molecule has 60 heavy (non-hydrogen) atoms. The maximum Gasteiger partial charge on any atom is 0.163 e. The Kier molecular flexibility index (Phi) is 8.69. The van der Waals surface area contributed by atoms with Crippen molar-refractivity contribution in [2.75, 3.05) is 0 Å². The number of para-hydroxylation sites is 2. The summed E-state index contributed by atoms with van der Waals surface area (Å²) in [4.78, 5) is 17.9. The zero-order chi connectivity index (χ0) is 39.6. The van der Waals surface area contributed by atoms with E-state index in [1.54, 1.807) is 0 Å². The molecule has 0 saturated carbocycles. The Balaban J connectivity index is 1.01. The van der Waals surface area contributed by atoms with Crippen LogP contribution >= 0.6 is 11.3 Å². The van der Waals surface area contributed by atoms with E-state index < -0.39 is 0 Å². The van der Waals surface area contributed by atoms with Gasteiger partial charge in [0, 0.05) is 49.0 Å². The van der Waals surface area contributed by atoms with Gasteiger partial charge in [-0.05, 0) is 120 Å². The molecule has 0 aliphatic heterocycles. The van der Waals surface area contributed by atoms with Crippen LogP contribution in [0.25, 0.3) is 60.4 Å². The van der Waals surface area contributed by atoms with Gasteiger partial charge in [-0.25, -0.2) is 15.0 Å². The molecule has 0 fully saturated rings. The van der Waals surface area contributed by atoms with E-state index in [0.29, 0.717) is 0 Å². The standard InChI is InChI=1S/C55H44N4S/c1-3-16-36(17-4-1)53-56-54(39-20-13-18-37(33-39)38-19-14-28-50-47(34-38)43-25-10-12-27-49(43)60-50)58-55(57-53)46-30-29-35-15-7-8-23-41(35)51-44(46)31-32-45-42-24-9-11-26-48(42)59(52(45)51)40-21-5-2-6-22-40/h2-3,5-13,15-18,20-27,31-32,34,39,46H,1,4,14,19,28-30,33H2. The minimum absolute atomic E-state index is 0.0230. The molecule has 3 aromatic heterocycles. The predicted molar refractivity (Wildman–Crippen MR) is 250 cm³/mol. The Hall–Kier alpha value is -6.43. The highest BCUT2D eigenvalue weighted by molar-refractivity contribution is 7.19. The van der Waals surface area contributed by atoms with Gasteiger partial charge in [0.25, 0.3) is 0 Å². The van der Waals surface area contributed by atoms with Gasteiger partial charge in [0.2, 0.25) is 0 Å². The lowest BCUT2D eigenvalue weighted by Crippen LogP contribution is -2.16. The van der Waals surface area contributed by atoms with E-state index in [4.69, 9.17) is 15.0 Å². The zero-order valence-electron chi connectivity index (χ0n) is 33.5. The van der Waals surface area contributed by atoms with Crippen LogP contribution in [0.3, 0.4) is 0 Å². The van der Waals surface area contributed by atoms with Crippen molar-refractivity contribution in [3.63, 3.8) is 0 Å². The van der Waals surface area contributed by atoms with E-state index >= 15 is 0 Å². The molecule has 0 radical (unpaired) electrons. The first-order valence-electron chi connectivity index (χ1n) is 21.7. The Labute approximate surface area is 354 Å². The van der Waals surface area contributed by atoms with Crippen molar-refractivity contribution >= 4 is 54.9 Å². The van der Waals surface area contributed by atoms with Gasteiger partial charge >= 0.3 is 0 Å². The number of hydrogen-bond donors (Lipinski definition) is 0. The first-order chi connectivity index (χ1) is 29.7. The largest absolute Gasteiger partial charge is 0.309 e. The number of rotatable bonds is 5. The quantitative estimate of drug-likeness (QED) is 0.174. The number of allylic oxidation sites excluding steroid dienone is 9. The molecule has 12 rings (SSSR count). The SMILES string of the molecule is C1=CC(c2nc(C3=CCCC=C3)nc(C3CCc4ccccc4-c4c3ccc3c5ccccc5n(-c5ccccc5)c43)n2)CC(C2=Cc3c(sc4ccccc34)CCC2)=C1. The third kappa shape index (κ3) is 5.97. The van der Waals surface area contributed by atoms with E-state index in [9.17, 15) is 0 Å². The molecule has 0 bridgehead atoms. The van der Waals surface area contributed by atoms with Crippen LogP contribution in [0.2, 0.25) is 0 Å². The first-order valence-corrected chi connectivity index (χ1v) is 22.5. The molecule has 0 amide bonds. The van der Waals surface area contributed by atoms with Gasteiger partial charge in [0.1, 0.15) is 11.6 Å². The first kappa shape index (κ1) is 35.5. The molecular formula is C55H44N4S. The average Bonchev–Trinajstić information content (AvgIpc) is 3.67. The summed E-state index contributed by atoms with van der Waals surface area (Å²) in [7, 11) is 0. The maximum absolute atomic E-state index is 5.57. The van der Waals surface area contributed by atoms with E-state index in [2.05, 4.69) is 162 Å². The van der Waals surface area contributed by atoms with Crippen LogP contribution in [0.15, 0.2) is 163 Å². The summed E-state index contributed by atoms with van der Waals surface area (Å²) < 4.78 is 3.87. The van der Waals surface area contributed by atoms with Crippen molar-refractivity contribution in [1.29, 1.82) is 0 Å². The van der Waals surface area contributed by atoms with Crippen molar-refractivity contribution in [1.82, 2.24) is 19.5 Å². The number of aromatic nitrogens is 4. The Morgan fingerprint density at radius 3 is 2.43 bits per heavy atom. The summed E-state index contributed by atoms with van der Waals surface area (Å²) in [6.45, 7) is 0. The summed E-state index contributed by atoms with van der Waals surface area (Å²) in [6.07, 6.45) is 24.3. The minimum Gasteiger partial charge on any atom is -0.309 e. The van der Waals surface area contributed by atoms with Crippen LogP contribution < -0.4 is 0 Å². The second-order valence-electron chi connectivity index (χ2n) is 16.7. The van der Waals surface area contributed by atoms with Gasteiger partial charge in [0.05, 0.1) is 11.0 Å². The highest BCUT2D eigenvalue weighted by Gasteiger charge is 2.32. The monoisotopic (exact) mass is 792 g/mol. The van der Waals surface area contributed by atoms with Gasteiger partial charge in [-0.1, -0.05) is 127 Å². The second-order valence-corrected chi connectivity index (χ2v) is 17.9. The van der Waals surface area contributed by atoms with Gasteiger partial charge in [0.15, 0.2) is 5.82 Å². The van der Waals surface area contributed by atoms with E-state index in [1.165, 1.54) is 75.7 Å². The third-order valence-corrected chi connectivity index (χ3v) is 14.4. The number of aryl methyl sites for hydroxylation is 2. The van der Waals surface area contributed by atoms with Crippen molar-refractivity contribution in [3.8, 4) is 16.8 Å². The number of fused-ring (bicyclic) bond motifs is 10. The zero-order valence-corrected chi connectivity index (χ0v) is 34.3. The smallest absolute Gasteiger partial charge is 0.163 e. The summed E-state index contributed by atoms with van der Waals surface area (Å²) in [6, 6.07) is 42.4. The molecule has 290 valence electrons. The van der Waals surface area contributed by atoms with Crippen molar-refractivity contribution in [3.05, 3.63) is 202 Å². The molecule has 4 aliphatic carbocycles. The van der Waals surface area contributed by atoms with Crippen molar-refractivity contribution in [2.24, 2.45) is 0 Å². The molecule has 0 saturated heterocycles. The predicted octanol–water partition coefficient (Wildman–Crippen LogP) is 14.1. The van der Waals surface area contributed by atoms with Crippen LogP contribution in [-0.2, 0) is 12.8 Å². The molecule has 5 aromatic carbocycles. The number of nitrogens with zero attached hydrogens (tertiary/aromatic N) is 4. The van der Waals surface area contributed by atoms with Crippen LogP contribution in [0, 0.1) is 0 Å². The third-order valence-electron chi connectivity index (χ3n) is 13.2. The molecule has 4 aliphatic rings. The second kappa shape index (κ2) is 14.7. The number of benzene rings is 5. The van der Waals surface area contributed by atoms with Crippen molar-refractivity contribution < 1.29 is 0 Å². The summed E-state index contributed by atoms with van der Waals surface area (Å²) in [5, 5.41) is 3.91. The Morgan fingerprint density at radius 1 is 0.683 bits per heavy atom. The molecule has 2 unspecified atom stereocenters. The minimum atomic E-state index is -0.0230. The molecular weight excluding hydrogens is 749 g/mol. The van der Waals surface area contributed by atoms with Gasteiger partial charge in [-0.3, -0.25) is 0 Å². The molecule has 4 nitrogen and oxygen atoms in total.